The maximum absolute atomic E-state index is 11.6. The number of nitrogens with zero attached hydrogens (tertiary/aromatic N) is 1. The van der Waals surface area contributed by atoms with Crippen molar-refractivity contribution in [2.45, 2.75) is 20.8 Å². The van der Waals surface area contributed by atoms with Crippen LogP contribution in [0.1, 0.15) is 31.3 Å². The fraction of sp³-hybridized carbons (Fsp3) is 0.500. The second-order valence-corrected chi connectivity index (χ2v) is 4.54. The molecule has 1 heterocycles. The zero-order chi connectivity index (χ0) is 9.35. The van der Waals surface area contributed by atoms with Gasteiger partial charge in [0.1, 0.15) is 5.69 Å². The summed E-state index contributed by atoms with van der Waals surface area (Å²) < 4.78 is 0. The van der Waals surface area contributed by atoms with E-state index in [0.717, 1.165) is 0 Å². The minimum atomic E-state index is -0.374. The third-order valence-corrected chi connectivity index (χ3v) is 2.11. The highest BCUT2D eigenvalue weighted by Crippen LogP contribution is 2.22. The average Bonchev–Trinajstić information content (AvgIpc) is 2.32. The Kier molecular flexibility index (Phi) is 2.19. The van der Waals surface area contributed by atoms with Crippen molar-refractivity contribution in [2.24, 2.45) is 5.41 Å². The summed E-state index contributed by atoms with van der Waals surface area (Å²) in [5.41, 5.74) is 5.52. The van der Waals surface area contributed by atoms with Gasteiger partial charge < -0.3 is 5.73 Å². The number of rotatable bonds is 1. The van der Waals surface area contributed by atoms with Crippen molar-refractivity contribution in [3.05, 3.63) is 11.1 Å². The van der Waals surface area contributed by atoms with E-state index in [9.17, 15) is 4.79 Å². The molecule has 0 unspecified atom stereocenters. The Hall–Kier alpha value is -0.900. The summed E-state index contributed by atoms with van der Waals surface area (Å²) in [5, 5.41) is 2.14. The SMILES string of the molecule is CC(C)(C)C(=O)c1csc(N)n1. The van der Waals surface area contributed by atoms with Crippen LogP contribution in [0.25, 0.3) is 0 Å². The lowest BCUT2D eigenvalue weighted by Crippen LogP contribution is -2.20. The van der Waals surface area contributed by atoms with Gasteiger partial charge in [-0.2, -0.15) is 0 Å². The summed E-state index contributed by atoms with van der Waals surface area (Å²) >= 11 is 1.29. The van der Waals surface area contributed by atoms with Gasteiger partial charge in [-0.05, 0) is 0 Å². The second kappa shape index (κ2) is 2.86. The van der Waals surface area contributed by atoms with E-state index in [0.29, 0.717) is 10.8 Å². The topological polar surface area (TPSA) is 56.0 Å². The zero-order valence-electron chi connectivity index (χ0n) is 7.42. The normalized spacial score (nSPS) is 11.6. The van der Waals surface area contributed by atoms with Gasteiger partial charge in [-0.25, -0.2) is 4.98 Å². The van der Waals surface area contributed by atoms with Crippen LogP contribution in [0, 0.1) is 5.41 Å². The number of nitrogen functional groups attached to an aromatic ring is 1. The van der Waals surface area contributed by atoms with Crippen molar-refractivity contribution >= 4 is 22.3 Å². The van der Waals surface area contributed by atoms with Gasteiger partial charge in [0.15, 0.2) is 10.9 Å². The maximum atomic E-state index is 11.6. The molecule has 0 aliphatic heterocycles. The molecule has 1 rings (SSSR count). The van der Waals surface area contributed by atoms with E-state index in [-0.39, 0.29) is 11.2 Å². The molecule has 2 N–H and O–H groups in total. The fourth-order valence-corrected chi connectivity index (χ4v) is 1.32. The number of nitrogens with two attached hydrogens (primary N) is 1. The number of aromatic nitrogens is 1. The molecule has 1 aromatic heterocycles. The molecule has 66 valence electrons. The van der Waals surface area contributed by atoms with Crippen molar-refractivity contribution in [2.75, 3.05) is 5.73 Å². The van der Waals surface area contributed by atoms with Crippen molar-refractivity contribution in [3.63, 3.8) is 0 Å². The molecule has 0 fully saturated rings. The number of hydrogen-bond donors (Lipinski definition) is 1. The molecule has 3 nitrogen and oxygen atoms in total. The highest BCUT2D eigenvalue weighted by atomic mass is 32.1. The molecule has 0 aliphatic carbocycles. The first-order valence-electron chi connectivity index (χ1n) is 3.67. The smallest absolute Gasteiger partial charge is 0.187 e. The highest BCUT2D eigenvalue weighted by molar-refractivity contribution is 7.13. The minimum absolute atomic E-state index is 0.0375. The van der Waals surface area contributed by atoms with E-state index in [4.69, 9.17) is 5.73 Å². The van der Waals surface area contributed by atoms with Crippen LogP contribution in [0.3, 0.4) is 0 Å². The van der Waals surface area contributed by atoms with Gasteiger partial charge in [-0.15, -0.1) is 11.3 Å². The number of ketones is 1. The van der Waals surface area contributed by atoms with Crippen LogP contribution in [0.15, 0.2) is 5.38 Å². The van der Waals surface area contributed by atoms with E-state index in [1.165, 1.54) is 11.3 Å². The Morgan fingerprint density at radius 3 is 2.50 bits per heavy atom. The second-order valence-electron chi connectivity index (χ2n) is 3.65. The lowest BCUT2D eigenvalue weighted by molar-refractivity contribution is 0.0854. The standard InChI is InChI=1S/C8H12N2OS/c1-8(2,3)6(11)5-4-12-7(9)10-5/h4H,1-3H3,(H2,9,10). The molecule has 0 saturated carbocycles. The monoisotopic (exact) mass is 184 g/mol. The van der Waals surface area contributed by atoms with Crippen LogP contribution in [0.2, 0.25) is 0 Å². The molecule has 0 bridgehead atoms. The minimum Gasteiger partial charge on any atom is -0.375 e. The summed E-state index contributed by atoms with van der Waals surface area (Å²) in [7, 11) is 0. The van der Waals surface area contributed by atoms with Crippen molar-refractivity contribution in [3.8, 4) is 0 Å². The molecule has 0 aromatic carbocycles. The van der Waals surface area contributed by atoms with Crippen LogP contribution in [0.4, 0.5) is 5.13 Å². The molecule has 1 aromatic rings. The molecule has 0 amide bonds. The quantitative estimate of drug-likeness (QED) is 0.679. The van der Waals surface area contributed by atoms with E-state index < -0.39 is 0 Å². The Labute approximate surface area is 75.6 Å². The Morgan fingerprint density at radius 2 is 2.17 bits per heavy atom. The Balaban J connectivity index is 2.93. The maximum Gasteiger partial charge on any atom is 0.187 e. The molecule has 0 atom stereocenters. The molecular weight excluding hydrogens is 172 g/mol. The van der Waals surface area contributed by atoms with Crippen molar-refractivity contribution in [1.82, 2.24) is 4.98 Å². The lowest BCUT2D eigenvalue weighted by Gasteiger charge is -2.13. The van der Waals surface area contributed by atoms with Gasteiger partial charge in [0.05, 0.1) is 0 Å². The number of Topliss-reactive ketones (excluding diaryl/α,β-unsaturated/α-hetero) is 1. The van der Waals surface area contributed by atoms with Gasteiger partial charge in [-0.1, -0.05) is 20.8 Å². The molecule has 0 radical (unpaired) electrons. The molecule has 12 heavy (non-hydrogen) atoms. The van der Waals surface area contributed by atoms with E-state index >= 15 is 0 Å². The van der Waals surface area contributed by atoms with Gasteiger partial charge >= 0.3 is 0 Å². The fourth-order valence-electron chi connectivity index (χ4n) is 0.776. The first-order valence-corrected chi connectivity index (χ1v) is 4.55. The van der Waals surface area contributed by atoms with Crippen molar-refractivity contribution < 1.29 is 4.79 Å². The van der Waals surface area contributed by atoms with Crippen molar-refractivity contribution in [1.29, 1.82) is 0 Å². The lowest BCUT2D eigenvalue weighted by atomic mass is 9.89. The third-order valence-electron chi connectivity index (χ3n) is 1.44. The van der Waals surface area contributed by atoms with Gasteiger partial charge in [0.2, 0.25) is 0 Å². The Bertz CT molecular complexity index is 298. The average molecular weight is 184 g/mol. The Morgan fingerprint density at radius 1 is 1.58 bits per heavy atom. The van der Waals surface area contributed by atoms with Crippen LogP contribution >= 0.6 is 11.3 Å². The van der Waals surface area contributed by atoms with Gasteiger partial charge in [0.25, 0.3) is 0 Å². The first kappa shape index (κ1) is 9.19. The van der Waals surface area contributed by atoms with E-state index in [1.54, 1.807) is 5.38 Å². The highest BCUT2D eigenvalue weighted by Gasteiger charge is 2.24. The first-order chi connectivity index (χ1) is 5.41. The number of hydrogen-bond acceptors (Lipinski definition) is 4. The van der Waals surface area contributed by atoms with Gasteiger partial charge in [0, 0.05) is 10.8 Å². The zero-order valence-corrected chi connectivity index (χ0v) is 8.23. The number of anilines is 1. The van der Waals surface area contributed by atoms with E-state index in [1.807, 2.05) is 20.8 Å². The summed E-state index contributed by atoms with van der Waals surface area (Å²) in [6.45, 7) is 5.60. The summed E-state index contributed by atoms with van der Waals surface area (Å²) in [4.78, 5) is 15.5. The molecule has 4 heteroatoms. The predicted octanol–water partition coefficient (Wildman–Crippen LogP) is 1.95. The number of carbonyl (C=O) groups is 1. The van der Waals surface area contributed by atoms with E-state index in [2.05, 4.69) is 4.98 Å². The van der Waals surface area contributed by atoms with Crippen LogP contribution in [0.5, 0.6) is 0 Å². The predicted molar refractivity (Wildman–Crippen MR) is 50.3 cm³/mol. The third kappa shape index (κ3) is 1.82. The number of thiazole rings is 1. The largest absolute Gasteiger partial charge is 0.375 e. The molecule has 0 spiro atoms. The summed E-state index contributed by atoms with van der Waals surface area (Å²) in [6.07, 6.45) is 0. The van der Waals surface area contributed by atoms with Crippen LogP contribution in [-0.2, 0) is 0 Å². The summed E-state index contributed by atoms with van der Waals surface area (Å²) in [6, 6.07) is 0. The summed E-state index contributed by atoms with van der Waals surface area (Å²) in [5.74, 6) is 0.0375. The van der Waals surface area contributed by atoms with Gasteiger partial charge in [-0.3, -0.25) is 4.79 Å². The van der Waals surface area contributed by atoms with Crippen LogP contribution in [-0.4, -0.2) is 10.8 Å². The van der Waals surface area contributed by atoms with Crippen LogP contribution < -0.4 is 5.73 Å². The number of carbonyl (C=O) groups excluding carboxylic acids is 1. The molecular formula is C8H12N2OS. The molecule has 0 aliphatic rings. The molecule has 0 saturated heterocycles.